The van der Waals surface area contributed by atoms with Gasteiger partial charge >= 0.3 is 6.03 Å². The molecule has 5 aliphatic rings. The number of aliphatic imine (C=N–C) groups is 1. The number of amides is 4. The number of aryl methyl sites for hydroxylation is 1. The smallest absolute Gasteiger partial charge is 0.328 e. The highest BCUT2D eigenvalue weighted by Crippen LogP contribution is 2.36. The van der Waals surface area contributed by atoms with Gasteiger partial charge in [-0.1, -0.05) is 26.0 Å². The molecule has 312 valence electrons. The van der Waals surface area contributed by atoms with E-state index in [-0.39, 0.29) is 30.1 Å². The first-order chi connectivity index (χ1) is 28.6. The maximum atomic E-state index is 15.2. The first kappa shape index (κ1) is 41.3. The quantitative estimate of drug-likeness (QED) is 0.236. The number of pyridine rings is 2. The van der Waals surface area contributed by atoms with Crippen LogP contribution in [0.15, 0.2) is 71.3 Å². The lowest BCUT2D eigenvalue weighted by atomic mass is 9.99. The zero-order chi connectivity index (χ0) is 41.5. The molecule has 0 radical (unpaired) electrons. The van der Waals surface area contributed by atoms with E-state index < -0.39 is 0 Å². The van der Waals surface area contributed by atoms with Gasteiger partial charge < -0.3 is 25.2 Å². The Morgan fingerprint density at radius 1 is 0.966 bits per heavy atom. The summed E-state index contributed by atoms with van der Waals surface area (Å²) in [4.78, 5) is 57.2. The van der Waals surface area contributed by atoms with Crippen LogP contribution in [-0.4, -0.2) is 108 Å². The SMILES string of the molecule is CCC(CC)N1CCN(C(=O)Cc2ccc(NC3=CCC=C4CCN(c5cnc6c(c5C)NCCO6)CC4=N3)cc2F)CC1.Cc1ccc(N2CCC(=O)NC2=O)cn1. The number of urea groups is 1. The van der Waals surface area contributed by atoms with Gasteiger partial charge in [-0.3, -0.25) is 29.7 Å². The summed E-state index contributed by atoms with van der Waals surface area (Å²) in [6.45, 7) is 14.9. The van der Waals surface area contributed by atoms with Crippen LogP contribution in [0.25, 0.3) is 0 Å². The summed E-state index contributed by atoms with van der Waals surface area (Å²) >= 11 is 0. The molecule has 7 heterocycles. The number of carbonyl (C=O) groups excluding carboxylic acids is 3. The van der Waals surface area contributed by atoms with Crippen molar-refractivity contribution in [2.24, 2.45) is 4.99 Å². The fourth-order valence-corrected chi connectivity index (χ4v) is 8.17. The Labute approximate surface area is 345 Å². The standard InChI is InChI=1S/C34H44FN7O2.C10H11N3O2/c1-4-27(5-2)40-14-16-41(17-15-40)32(43)19-25-9-10-26(20-28(25)35)38-31-8-6-7-24-11-13-42(22-29(24)39-31)30-21-37-34-33(23(30)3)36-12-18-44-34;1-7-2-3-8(6-11-7)13-5-4-9(14)12-10(13)15/h7-10,20-21,27,36,38H,4-6,11-19,22H2,1-3H3;2-3,6H,4-5H2,1H3,(H,12,14,15). The third kappa shape index (κ3) is 9.90. The first-order valence-electron chi connectivity index (χ1n) is 20.8. The van der Waals surface area contributed by atoms with Crippen LogP contribution in [0, 0.1) is 19.7 Å². The summed E-state index contributed by atoms with van der Waals surface area (Å²) < 4.78 is 20.9. The van der Waals surface area contributed by atoms with Crippen LogP contribution in [0.1, 0.15) is 62.8 Å². The highest BCUT2D eigenvalue weighted by atomic mass is 19.1. The molecule has 14 nitrogen and oxygen atoms in total. The number of allylic oxidation sites excluding steroid dienone is 2. The maximum absolute atomic E-state index is 15.2. The van der Waals surface area contributed by atoms with E-state index >= 15 is 4.39 Å². The number of ether oxygens (including phenoxy) is 1. The lowest BCUT2D eigenvalue weighted by Crippen LogP contribution is -2.52. The summed E-state index contributed by atoms with van der Waals surface area (Å²) in [5, 5.41) is 9.00. The van der Waals surface area contributed by atoms with Gasteiger partial charge in [0.2, 0.25) is 17.7 Å². The van der Waals surface area contributed by atoms with Crippen LogP contribution in [0.5, 0.6) is 5.88 Å². The summed E-state index contributed by atoms with van der Waals surface area (Å²) in [5.74, 6) is 0.740. The molecule has 8 rings (SSSR count). The molecule has 0 unspecified atom stereocenters. The molecule has 0 saturated carbocycles. The molecule has 2 aromatic heterocycles. The Hall–Kier alpha value is -5.83. The minimum Gasteiger partial charge on any atom is -0.474 e. The van der Waals surface area contributed by atoms with E-state index in [0.29, 0.717) is 73.9 Å². The van der Waals surface area contributed by atoms with Crippen molar-refractivity contribution in [3.8, 4) is 5.88 Å². The predicted molar refractivity (Wildman–Crippen MR) is 229 cm³/mol. The number of piperidine rings is 1. The van der Waals surface area contributed by atoms with E-state index in [1.54, 1.807) is 12.3 Å². The van der Waals surface area contributed by atoms with Crippen molar-refractivity contribution in [3.63, 3.8) is 0 Å². The van der Waals surface area contributed by atoms with Gasteiger partial charge in [0.1, 0.15) is 23.9 Å². The van der Waals surface area contributed by atoms with Gasteiger partial charge in [0, 0.05) is 75.2 Å². The molecule has 3 fully saturated rings. The number of hydrogen-bond donors (Lipinski definition) is 3. The van der Waals surface area contributed by atoms with E-state index in [4.69, 9.17) is 9.73 Å². The van der Waals surface area contributed by atoms with E-state index in [2.05, 4.69) is 62.6 Å². The van der Waals surface area contributed by atoms with E-state index in [1.165, 1.54) is 16.5 Å². The average molecular weight is 807 g/mol. The van der Waals surface area contributed by atoms with Crippen molar-refractivity contribution in [1.29, 1.82) is 0 Å². The number of benzene rings is 1. The molecule has 5 aliphatic heterocycles. The van der Waals surface area contributed by atoms with Gasteiger partial charge in [0.25, 0.3) is 0 Å². The number of imide groups is 1. The van der Waals surface area contributed by atoms with Crippen molar-refractivity contribution in [2.75, 3.05) is 79.4 Å². The Kier molecular flexibility index (Phi) is 13.2. The fraction of sp³-hybridized carbons (Fsp3) is 0.455. The molecule has 0 atom stereocenters. The summed E-state index contributed by atoms with van der Waals surface area (Å²) in [5.41, 5.74) is 8.07. The molecule has 59 heavy (non-hydrogen) atoms. The first-order valence-corrected chi connectivity index (χ1v) is 20.8. The van der Waals surface area contributed by atoms with Crippen LogP contribution in [0.2, 0.25) is 0 Å². The number of anilines is 4. The van der Waals surface area contributed by atoms with Crippen molar-refractivity contribution < 1.29 is 23.5 Å². The summed E-state index contributed by atoms with van der Waals surface area (Å²) in [6.07, 6.45) is 12.1. The van der Waals surface area contributed by atoms with Crippen molar-refractivity contribution in [3.05, 3.63) is 88.9 Å². The molecule has 4 amide bonds. The molecule has 0 spiro atoms. The monoisotopic (exact) mass is 806 g/mol. The molecule has 3 saturated heterocycles. The number of nitrogens with zero attached hydrogens (tertiary/aromatic N) is 7. The van der Waals surface area contributed by atoms with Crippen molar-refractivity contribution in [1.82, 2.24) is 25.1 Å². The second-order valence-electron chi connectivity index (χ2n) is 15.4. The average Bonchev–Trinajstić information content (AvgIpc) is 3.44. The number of aromatic nitrogens is 2. The molecule has 15 heteroatoms. The number of nitrogens with one attached hydrogen (secondary N) is 3. The van der Waals surface area contributed by atoms with Gasteiger partial charge in [-0.25, -0.2) is 19.2 Å². The summed E-state index contributed by atoms with van der Waals surface area (Å²) in [6, 6.07) is 8.87. The number of piperazine rings is 1. The van der Waals surface area contributed by atoms with E-state index in [1.807, 2.05) is 42.3 Å². The van der Waals surface area contributed by atoms with Crippen LogP contribution in [-0.2, 0) is 16.0 Å². The molecular formula is C44H55FN10O4. The number of carbonyl (C=O) groups is 3. The molecule has 0 bridgehead atoms. The highest BCUT2D eigenvalue weighted by Gasteiger charge is 2.28. The van der Waals surface area contributed by atoms with E-state index in [9.17, 15) is 14.4 Å². The molecule has 1 aromatic carbocycles. The van der Waals surface area contributed by atoms with Crippen LogP contribution >= 0.6 is 0 Å². The van der Waals surface area contributed by atoms with Gasteiger partial charge in [0.05, 0.1) is 42.4 Å². The minimum atomic E-state index is -0.378. The Morgan fingerprint density at radius 2 is 1.78 bits per heavy atom. The van der Waals surface area contributed by atoms with Gasteiger partial charge in [-0.15, -0.1) is 0 Å². The van der Waals surface area contributed by atoms with Gasteiger partial charge in [0.15, 0.2) is 0 Å². The number of fused-ring (bicyclic) bond motifs is 2. The van der Waals surface area contributed by atoms with Crippen LogP contribution in [0.3, 0.4) is 0 Å². The van der Waals surface area contributed by atoms with Crippen molar-refractivity contribution in [2.45, 2.75) is 72.3 Å². The molecule has 3 aromatic rings. The topological polar surface area (TPSA) is 148 Å². The lowest BCUT2D eigenvalue weighted by molar-refractivity contribution is -0.132. The zero-order valence-corrected chi connectivity index (χ0v) is 34.5. The zero-order valence-electron chi connectivity index (χ0n) is 34.5. The van der Waals surface area contributed by atoms with Crippen molar-refractivity contribution >= 4 is 46.3 Å². The third-order valence-electron chi connectivity index (χ3n) is 11.6. The van der Waals surface area contributed by atoms with Gasteiger partial charge in [-0.2, -0.15) is 0 Å². The fourth-order valence-electron chi connectivity index (χ4n) is 8.17. The molecule has 3 N–H and O–H groups in total. The highest BCUT2D eigenvalue weighted by molar-refractivity contribution is 6.06. The van der Waals surface area contributed by atoms with Crippen LogP contribution in [0.4, 0.5) is 31.9 Å². The van der Waals surface area contributed by atoms with Crippen LogP contribution < -0.4 is 30.5 Å². The van der Waals surface area contributed by atoms with E-state index in [0.717, 1.165) is 80.2 Å². The lowest BCUT2D eigenvalue weighted by Gasteiger charge is -2.39. The Morgan fingerprint density at radius 3 is 2.51 bits per heavy atom. The Bertz CT molecular complexity index is 2130. The second kappa shape index (κ2) is 18.8. The second-order valence-corrected chi connectivity index (χ2v) is 15.4. The minimum absolute atomic E-state index is 0.0141. The number of rotatable bonds is 9. The largest absolute Gasteiger partial charge is 0.474 e. The summed E-state index contributed by atoms with van der Waals surface area (Å²) in [7, 11) is 0. The molecular weight excluding hydrogens is 752 g/mol. The normalized spacial score (nSPS) is 18.1. The molecule has 0 aliphatic carbocycles. The predicted octanol–water partition coefficient (Wildman–Crippen LogP) is 5.98. The number of hydrogen-bond acceptors (Lipinski definition) is 11. The van der Waals surface area contributed by atoms with Gasteiger partial charge in [-0.05, 0) is 81.0 Å². The maximum Gasteiger partial charge on any atom is 0.328 e. The number of halogens is 1. The third-order valence-corrected chi connectivity index (χ3v) is 11.6. The Balaban J connectivity index is 0.000000295.